The van der Waals surface area contributed by atoms with Crippen LogP contribution in [0.15, 0.2) is 32.0 Å². The lowest BCUT2D eigenvalue weighted by Gasteiger charge is -2.17. The van der Waals surface area contributed by atoms with E-state index in [9.17, 15) is 13.2 Å². The summed E-state index contributed by atoms with van der Waals surface area (Å²) in [6, 6.07) is 4.80. The van der Waals surface area contributed by atoms with Gasteiger partial charge in [-0.2, -0.15) is 4.31 Å². The van der Waals surface area contributed by atoms with E-state index < -0.39 is 21.9 Å². The number of rotatable bonds is 3. The van der Waals surface area contributed by atoms with Crippen LogP contribution < -0.4 is 0 Å². The molecule has 0 saturated carbocycles. The van der Waals surface area contributed by atoms with Crippen molar-refractivity contribution in [2.45, 2.75) is 11.8 Å². The zero-order valence-corrected chi connectivity index (χ0v) is 14.6. The minimum Gasteiger partial charge on any atom is -0.481 e. The Morgan fingerprint density at radius 3 is 2.50 bits per heavy atom. The second-order valence-corrected chi connectivity index (χ2v) is 8.50. The molecule has 1 heterocycles. The SMILES string of the molecule is C[C@@H]1CN(S(=O)(=O)c2ccc(Br)cc2Br)C[C@H]1C(=O)O. The average molecular weight is 427 g/mol. The first kappa shape index (κ1) is 15.9. The zero-order chi connectivity index (χ0) is 15.1. The average Bonchev–Trinajstić information content (AvgIpc) is 2.71. The third-order valence-electron chi connectivity index (χ3n) is 3.41. The number of aliphatic carboxylic acids is 1. The third kappa shape index (κ3) is 2.93. The summed E-state index contributed by atoms with van der Waals surface area (Å²) in [4.78, 5) is 11.2. The van der Waals surface area contributed by atoms with Crippen LogP contribution >= 0.6 is 31.9 Å². The Morgan fingerprint density at radius 2 is 2.00 bits per heavy atom. The van der Waals surface area contributed by atoms with Crippen molar-refractivity contribution < 1.29 is 18.3 Å². The molecule has 2 atom stereocenters. The summed E-state index contributed by atoms with van der Waals surface area (Å²) in [6.07, 6.45) is 0. The topological polar surface area (TPSA) is 74.7 Å². The van der Waals surface area contributed by atoms with Crippen LogP contribution in [0.25, 0.3) is 0 Å². The molecule has 0 bridgehead atoms. The van der Waals surface area contributed by atoms with Crippen molar-refractivity contribution in [1.29, 1.82) is 0 Å². The van der Waals surface area contributed by atoms with E-state index in [1.165, 1.54) is 10.4 Å². The molecule has 0 spiro atoms. The number of carboxylic acid groups (broad SMARTS) is 1. The Labute approximate surface area is 134 Å². The fraction of sp³-hybridized carbons (Fsp3) is 0.417. The van der Waals surface area contributed by atoms with Gasteiger partial charge in [0.2, 0.25) is 10.0 Å². The standard InChI is InChI=1S/C12H13Br2NO4S/c1-7-5-15(6-9(7)12(16)17)20(18,19)11-3-2-8(13)4-10(11)14/h2-4,7,9H,5-6H2,1H3,(H,16,17)/t7-,9-/m1/s1. The van der Waals surface area contributed by atoms with Crippen LogP contribution in [0.1, 0.15) is 6.92 Å². The van der Waals surface area contributed by atoms with Crippen molar-refractivity contribution in [3.63, 3.8) is 0 Å². The Morgan fingerprint density at radius 1 is 1.35 bits per heavy atom. The van der Waals surface area contributed by atoms with Gasteiger partial charge in [-0.3, -0.25) is 4.79 Å². The lowest BCUT2D eigenvalue weighted by Crippen LogP contribution is -2.30. The van der Waals surface area contributed by atoms with E-state index in [4.69, 9.17) is 5.11 Å². The van der Waals surface area contributed by atoms with Crippen LogP contribution in [0, 0.1) is 11.8 Å². The van der Waals surface area contributed by atoms with Gasteiger partial charge in [-0.15, -0.1) is 0 Å². The Hall–Kier alpha value is -0.440. The number of hydrogen-bond donors (Lipinski definition) is 1. The summed E-state index contributed by atoms with van der Waals surface area (Å²) in [5.41, 5.74) is 0. The second-order valence-electron chi connectivity index (χ2n) is 4.82. The highest BCUT2D eigenvalue weighted by Gasteiger charge is 2.41. The van der Waals surface area contributed by atoms with Gasteiger partial charge in [-0.1, -0.05) is 22.9 Å². The molecule has 1 aromatic carbocycles. The number of nitrogens with zero attached hydrogens (tertiary/aromatic N) is 1. The monoisotopic (exact) mass is 425 g/mol. The predicted molar refractivity (Wildman–Crippen MR) is 80.9 cm³/mol. The molecule has 1 fully saturated rings. The fourth-order valence-electron chi connectivity index (χ4n) is 2.26. The van der Waals surface area contributed by atoms with Crippen molar-refractivity contribution in [3.05, 3.63) is 27.1 Å². The predicted octanol–water partition coefficient (Wildman–Crippen LogP) is 2.55. The molecule has 2 rings (SSSR count). The summed E-state index contributed by atoms with van der Waals surface area (Å²) in [5.74, 6) is -1.81. The highest BCUT2D eigenvalue weighted by Crippen LogP contribution is 2.32. The maximum atomic E-state index is 12.6. The maximum absolute atomic E-state index is 12.6. The van der Waals surface area contributed by atoms with Gasteiger partial charge in [0, 0.05) is 22.0 Å². The lowest BCUT2D eigenvalue weighted by atomic mass is 9.99. The lowest BCUT2D eigenvalue weighted by molar-refractivity contribution is -0.142. The van der Waals surface area contributed by atoms with Gasteiger partial charge in [0.15, 0.2) is 0 Å². The molecule has 0 unspecified atom stereocenters. The first-order valence-electron chi connectivity index (χ1n) is 5.91. The molecule has 0 radical (unpaired) electrons. The van der Waals surface area contributed by atoms with Crippen LogP contribution in [0.3, 0.4) is 0 Å². The molecule has 1 N–H and O–H groups in total. The molecular weight excluding hydrogens is 414 g/mol. The van der Waals surface area contributed by atoms with E-state index in [0.29, 0.717) is 4.47 Å². The van der Waals surface area contributed by atoms with Gasteiger partial charge >= 0.3 is 5.97 Å². The molecule has 1 aliphatic heterocycles. The second kappa shape index (κ2) is 5.75. The van der Waals surface area contributed by atoms with Gasteiger partial charge in [0.05, 0.1) is 10.8 Å². The van der Waals surface area contributed by atoms with E-state index >= 15 is 0 Å². The van der Waals surface area contributed by atoms with Gasteiger partial charge in [0.25, 0.3) is 0 Å². The quantitative estimate of drug-likeness (QED) is 0.805. The summed E-state index contributed by atoms with van der Waals surface area (Å²) in [5, 5.41) is 9.09. The van der Waals surface area contributed by atoms with E-state index in [1.807, 2.05) is 0 Å². The molecule has 0 aromatic heterocycles. The van der Waals surface area contributed by atoms with Crippen molar-refractivity contribution in [2.75, 3.05) is 13.1 Å². The van der Waals surface area contributed by atoms with E-state index in [1.54, 1.807) is 19.1 Å². The minimum atomic E-state index is -3.68. The largest absolute Gasteiger partial charge is 0.481 e. The molecule has 0 amide bonds. The van der Waals surface area contributed by atoms with E-state index in [2.05, 4.69) is 31.9 Å². The summed E-state index contributed by atoms with van der Waals surface area (Å²) in [6.45, 7) is 1.99. The molecule has 8 heteroatoms. The molecular formula is C12H13Br2NO4S. The Balaban J connectivity index is 2.35. The number of halogens is 2. The highest BCUT2D eigenvalue weighted by atomic mass is 79.9. The van der Waals surface area contributed by atoms with Crippen molar-refractivity contribution in [2.24, 2.45) is 11.8 Å². The van der Waals surface area contributed by atoms with Crippen molar-refractivity contribution >= 4 is 47.9 Å². The van der Waals surface area contributed by atoms with Crippen LogP contribution in [-0.2, 0) is 14.8 Å². The van der Waals surface area contributed by atoms with Crippen molar-refractivity contribution in [1.82, 2.24) is 4.31 Å². The molecule has 5 nitrogen and oxygen atoms in total. The van der Waals surface area contributed by atoms with Crippen LogP contribution in [0.4, 0.5) is 0 Å². The number of carbonyl (C=O) groups is 1. The molecule has 1 saturated heterocycles. The van der Waals surface area contributed by atoms with E-state index in [-0.39, 0.29) is 23.9 Å². The van der Waals surface area contributed by atoms with Crippen LogP contribution in [0.5, 0.6) is 0 Å². The molecule has 1 aliphatic rings. The summed E-state index contributed by atoms with van der Waals surface area (Å²) < 4.78 is 27.6. The third-order valence-corrected chi connectivity index (χ3v) is 6.71. The van der Waals surface area contributed by atoms with Gasteiger partial charge < -0.3 is 5.11 Å². The van der Waals surface area contributed by atoms with Crippen molar-refractivity contribution in [3.8, 4) is 0 Å². The molecule has 110 valence electrons. The smallest absolute Gasteiger partial charge is 0.308 e. The normalized spacial score (nSPS) is 23.9. The highest BCUT2D eigenvalue weighted by molar-refractivity contribution is 9.11. The first-order valence-corrected chi connectivity index (χ1v) is 8.94. The number of benzene rings is 1. The van der Waals surface area contributed by atoms with Crippen LogP contribution in [-0.4, -0.2) is 36.9 Å². The number of carboxylic acids is 1. The number of hydrogen-bond acceptors (Lipinski definition) is 3. The first-order chi connectivity index (χ1) is 9.23. The van der Waals surface area contributed by atoms with Gasteiger partial charge in [-0.05, 0) is 40.0 Å². The Bertz CT molecular complexity index is 647. The van der Waals surface area contributed by atoms with Crippen LogP contribution in [0.2, 0.25) is 0 Å². The zero-order valence-electron chi connectivity index (χ0n) is 10.6. The molecule has 0 aliphatic carbocycles. The number of sulfonamides is 1. The molecule has 1 aromatic rings. The van der Waals surface area contributed by atoms with Gasteiger partial charge in [-0.25, -0.2) is 8.42 Å². The summed E-state index contributed by atoms with van der Waals surface area (Å²) >= 11 is 6.51. The maximum Gasteiger partial charge on any atom is 0.308 e. The fourth-order valence-corrected chi connectivity index (χ4v) is 5.54. The summed E-state index contributed by atoms with van der Waals surface area (Å²) in [7, 11) is -3.68. The Kier molecular flexibility index (Phi) is 4.58. The van der Waals surface area contributed by atoms with Gasteiger partial charge in [0.1, 0.15) is 0 Å². The van der Waals surface area contributed by atoms with E-state index in [0.717, 1.165) is 4.47 Å². The molecule has 20 heavy (non-hydrogen) atoms. The minimum absolute atomic E-state index is 0.0152.